The Kier molecular flexibility index (Phi) is 14.4. The number of nitrogens with one attached hydrogen (secondary N) is 4. The quantitative estimate of drug-likeness (QED) is 0.0942. The van der Waals surface area contributed by atoms with Gasteiger partial charge in [-0.25, -0.2) is 34.7 Å². The molecule has 7 rings (SSSR count). The summed E-state index contributed by atoms with van der Waals surface area (Å²) in [5.41, 5.74) is 4.66. The number of carboxylic acid groups (broad SMARTS) is 1. The van der Waals surface area contributed by atoms with Gasteiger partial charge in [0.05, 0.1) is 19.8 Å². The number of carboxylic acids is 1. The molecule has 1 aliphatic heterocycles. The average Bonchev–Trinajstić information content (AvgIpc) is 4.16. The molecule has 6 aromatic heterocycles. The van der Waals surface area contributed by atoms with Crippen LogP contribution in [0.25, 0.3) is 38.4 Å². The summed E-state index contributed by atoms with van der Waals surface area (Å²) < 4.78 is 5.37. The Morgan fingerprint density at radius 3 is 1.94 bits per heavy atom. The molecule has 29 heteroatoms. The van der Waals surface area contributed by atoms with Crippen LogP contribution < -0.4 is 27.0 Å². The number of fused-ring (bicyclic) bond motifs is 11. The van der Waals surface area contributed by atoms with Crippen LogP contribution in [-0.4, -0.2) is 134 Å². The minimum Gasteiger partial charge on any atom is -0.506 e. The molecule has 67 heavy (non-hydrogen) atoms. The van der Waals surface area contributed by atoms with Crippen molar-refractivity contribution in [3.05, 3.63) is 76.5 Å². The van der Waals surface area contributed by atoms with Crippen molar-refractivity contribution in [2.45, 2.75) is 50.3 Å². The first-order valence-electron chi connectivity index (χ1n) is 19.1. The fourth-order valence-electron chi connectivity index (χ4n) is 6.07. The van der Waals surface area contributed by atoms with Crippen LogP contribution in [0.2, 0.25) is 0 Å². The van der Waals surface area contributed by atoms with Gasteiger partial charge in [-0.05, 0) is 19.9 Å². The van der Waals surface area contributed by atoms with Crippen LogP contribution in [0, 0.1) is 0 Å². The number of hydrogen-bond acceptors (Lipinski definition) is 23. The van der Waals surface area contributed by atoms with Crippen molar-refractivity contribution >= 4 is 97.9 Å². The van der Waals surface area contributed by atoms with Gasteiger partial charge in [0.25, 0.3) is 23.6 Å². The number of carbonyl (C=O) groups excluding carboxylic acids is 5. The maximum absolute atomic E-state index is 13.8. The van der Waals surface area contributed by atoms with Crippen molar-refractivity contribution in [2.24, 2.45) is 5.73 Å². The third-order valence-electron chi connectivity index (χ3n) is 9.61. The third kappa shape index (κ3) is 10.2. The number of nitrogens with zero attached hydrogens (tertiary/aromatic N) is 6. The number of aliphatic carboxylic acids is 1. The van der Waals surface area contributed by atoms with Crippen molar-refractivity contribution in [2.75, 3.05) is 13.7 Å². The number of aromatic hydroxyl groups is 1. The minimum absolute atomic E-state index is 0.0119. The molecule has 12 N–H and O–H groups in total. The fourth-order valence-corrected chi connectivity index (χ4v) is 10.3. The molecule has 350 valence electrons. The first-order valence-corrected chi connectivity index (χ1v) is 23.5. The number of nitrogens with two attached hydrogens (primary N) is 1. The maximum Gasteiger partial charge on any atom is 0.335 e. The van der Waals surface area contributed by atoms with Crippen LogP contribution in [0.15, 0.2) is 38.7 Å². The van der Waals surface area contributed by atoms with Gasteiger partial charge in [0.1, 0.15) is 106 Å². The lowest BCUT2D eigenvalue weighted by molar-refractivity contribution is -0.154. The zero-order valence-corrected chi connectivity index (χ0v) is 38.6. The zero-order chi connectivity index (χ0) is 48.4. The van der Waals surface area contributed by atoms with Crippen molar-refractivity contribution in [1.82, 2.24) is 51.2 Å². The molecule has 8 bridgehead atoms. The second-order valence-electron chi connectivity index (χ2n) is 14.1. The van der Waals surface area contributed by atoms with Crippen molar-refractivity contribution < 1.29 is 64.1 Å². The smallest absolute Gasteiger partial charge is 0.335 e. The van der Waals surface area contributed by atoms with E-state index >= 15 is 0 Å². The summed E-state index contributed by atoms with van der Waals surface area (Å²) >= 11 is 4.46. The number of aliphatic hydroxyl groups excluding tert-OH is 4. The number of pyridine rings is 1. The monoisotopic (exact) mass is 1010 g/mol. The van der Waals surface area contributed by atoms with Crippen LogP contribution in [0.4, 0.5) is 0 Å². The Labute approximate surface area is 395 Å². The number of ether oxygens (including phenoxy) is 1. The highest BCUT2D eigenvalue weighted by atomic mass is 32.1. The number of amides is 5. The number of hydrogen-bond donors (Lipinski definition) is 11. The lowest BCUT2D eigenvalue weighted by Gasteiger charge is -2.24. The summed E-state index contributed by atoms with van der Waals surface area (Å²) in [5, 5.41) is 80.3. The number of methoxy groups -OCH3 is 1. The molecule has 0 saturated carbocycles. The molecular weight excluding hydrogens is 979 g/mol. The van der Waals surface area contributed by atoms with Gasteiger partial charge in [-0.3, -0.25) is 24.0 Å². The van der Waals surface area contributed by atoms with Crippen LogP contribution in [0.1, 0.15) is 82.9 Å². The molecule has 0 unspecified atom stereocenters. The Bertz CT molecular complexity index is 2940. The van der Waals surface area contributed by atoms with E-state index in [0.717, 1.165) is 56.7 Å². The largest absolute Gasteiger partial charge is 0.506 e. The van der Waals surface area contributed by atoms with E-state index in [-0.39, 0.29) is 81.9 Å². The van der Waals surface area contributed by atoms with E-state index in [1.165, 1.54) is 53.9 Å². The van der Waals surface area contributed by atoms with Gasteiger partial charge in [0, 0.05) is 32.5 Å². The van der Waals surface area contributed by atoms with E-state index in [4.69, 9.17) is 10.5 Å². The minimum atomic E-state index is -2.45. The van der Waals surface area contributed by atoms with Gasteiger partial charge in [0.2, 0.25) is 5.91 Å². The first-order chi connectivity index (χ1) is 31.9. The second-order valence-corrected chi connectivity index (χ2v) is 18.5. The van der Waals surface area contributed by atoms with Crippen molar-refractivity contribution in [3.63, 3.8) is 0 Å². The highest BCUT2D eigenvalue weighted by Gasteiger charge is 2.37. The Morgan fingerprint density at radius 2 is 1.31 bits per heavy atom. The van der Waals surface area contributed by atoms with Crippen LogP contribution in [-0.2, 0) is 14.3 Å². The summed E-state index contributed by atoms with van der Waals surface area (Å²) in [6, 6.07) is -3.27. The van der Waals surface area contributed by atoms with Crippen LogP contribution >= 0.6 is 56.7 Å². The number of aromatic nitrogens is 6. The topological polar surface area (TPSA) is 385 Å². The molecule has 6 aromatic rings. The van der Waals surface area contributed by atoms with E-state index < -0.39 is 84.3 Å². The summed E-state index contributed by atoms with van der Waals surface area (Å²) in [6.45, 7) is 2.01. The maximum atomic E-state index is 13.8. The molecule has 0 aliphatic carbocycles. The summed E-state index contributed by atoms with van der Waals surface area (Å²) in [5.74, 6) is -6.74. The Hall–Kier alpha value is -6.70. The molecule has 0 saturated heterocycles. The molecule has 6 atom stereocenters. The fraction of sp³-hybridized carbons (Fsp3) is 0.263. The van der Waals surface area contributed by atoms with E-state index in [2.05, 4.69) is 51.2 Å². The molecule has 0 fully saturated rings. The average molecular weight is 1010 g/mol. The van der Waals surface area contributed by atoms with Gasteiger partial charge in [-0.1, -0.05) is 0 Å². The summed E-state index contributed by atoms with van der Waals surface area (Å²) in [6.07, 6.45) is -6.17. The van der Waals surface area contributed by atoms with Crippen molar-refractivity contribution in [1.29, 1.82) is 0 Å². The predicted molar refractivity (Wildman–Crippen MR) is 240 cm³/mol. The highest BCUT2D eigenvalue weighted by Crippen LogP contribution is 2.41. The number of allylic oxidation sites excluding steroid dienone is 1. The second kappa shape index (κ2) is 20.0. The summed E-state index contributed by atoms with van der Waals surface area (Å²) in [7, 11) is 1.28. The Balaban J connectivity index is 1.35. The van der Waals surface area contributed by atoms with Crippen LogP contribution in [0.5, 0.6) is 5.75 Å². The molecule has 0 spiro atoms. The lowest BCUT2D eigenvalue weighted by atomic mass is 10.1. The number of aliphatic hydroxyl groups is 4. The normalized spacial score (nSPS) is 19.2. The molecule has 0 aromatic carbocycles. The van der Waals surface area contributed by atoms with E-state index in [9.17, 15) is 59.4 Å². The number of carbonyl (C=O) groups is 6. The molecule has 24 nitrogen and oxygen atoms in total. The number of thiazole rings is 5. The van der Waals surface area contributed by atoms with Gasteiger partial charge >= 0.3 is 5.97 Å². The molecule has 5 amide bonds. The third-order valence-corrected chi connectivity index (χ3v) is 14.1. The molecule has 7 heterocycles. The summed E-state index contributed by atoms with van der Waals surface area (Å²) in [4.78, 5) is 105. The van der Waals surface area contributed by atoms with E-state index in [1.807, 2.05) is 0 Å². The van der Waals surface area contributed by atoms with Gasteiger partial charge < -0.3 is 62.4 Å². The number of rotatable bonds is 8. The number of primary amides is 1. The van der Waals surface area contributed by atoms with E-state index in [0.29, 0.717) is 0 Å². The Morgan fingerprint density at radius 1 is 0.746 bits per heavy atom. The molecule has 1 aliphatic rings. The first kappa shape index (κ1) is 48.2. The van der Waals surface area contributed by atoms with E-state index in [1.54, 1.807) is 0 Å². The molecular formula is C38H35N11O13S5. The lowest BCUT2D eigenvalue weighted by Crippen LogP contribution is -2.52. The van der Waals surface area contributed by atoms with Gasteiger partial charge in [0.15, 0.2) is 6.10 Å². The van der Waals surface area contributed by atoms with Crippen LogP contribution in [0.3, 0.4) is 0 Å². The predicted octanol–water partition coefficient (Wildman–Crippen LogP) is 0.854. The van der Waals surface area contributed by atoms with Gasteiger partial charge in [-0.2, -0.15) is 0 Å². The highest BCUT2D eigenvalue weighted by molar-refractivity contribution is 7.14. The van der Waals surface area contributed by atoms with Crippen molar-refractivity contribution in [3.8, 4) is 38.4 Å². The molecule has 0 radical (unpaired) electrons. The van der Waals surface area contributed by atoms with Gasteiger partial charge in [-0.15, -0.1) is 56.7 Å². The SMILES string of the molecule is CO/C(C)=C1/NC(=O)[C@H]([C@@H](C)O)NC(=O)c2csc(n2)-c2cc(O)c(-c3nc(C(N)=O)cs3)nc2-c2csc(n2)[C@H](CO)NC(=O)c2csc(n2)[C@H]([C@H](O)[C@H](O)C(=O)O)NC(=O)c2csc1n2. The zero-order valence-electron chi connectivity index (χ0n) is 34.5. The standard InChI is InChI=1S/C38H35N11O13S5/c1-11(51)21-32(59)48-22(12(2)62-3)35-44-19(10-66-35)31(58)49-25(26(53)27(54)38(60)61)37-45-17(9-67-37)29(56)40-14(5-50)34-41-15(6-64-34)23-13(33-43-18(8-63-33)30(57)47-21)4-20(52)24(46-23)36-42-16(7-65-36)28(39)55/h4,6-11,14,21,25-27,50-54H,5H2,1-3H3,(H2,39,55)(H,40,56)(H,47,57)(H,48,59)(H,49,58)(H,60,61)/b22-12+/t11-,14+,21+,25+,26+,27+/m1/s1.